The summed E-state index contributed by atoms with van der Waals surface area (Å²) in [5.74, 6) is 0.408. The Morgan fingerprint density at radius 3 is 2.64 bits per heavy atom. The van der Waals surface area contributed by atoms with E-state index in [0.29, 0.717) is 18.1 Å². The molecule has 1 atom stereocenters. The van der Waals surface area contributed by atoms with Gasteiger partial charge >= 0.3 is 5.97 Å². The first-order chi connectivity index (χ1) is 11.7. The van der Waals surface area contributed by atoms with E-state index in [1.807, 2.05) is 18.2 Å². The van der Waals surface area contributed by atoms with Gasteiger partial charge in [0.15, 0.2) is 0 Å². The molecule has 0 N–H and O–H groups in total. The van der Waals surface area contributed by atoms with Crippen LogP contribution in [0.25, 0.3) is 0 Å². The standard InChI is InChI=1S/C19H26ClNO4/c1-19(2,3)15-11-13(20)5-6-16(15)25-14-9-10-21(12-14)17(22)7-8-18(23)24-4/h5-6,11,14H,7-10,12H2,1-4H3. The minimum atomic E-state index is -0.365. The van der Waals surface area contributed by atoms with Gasteiger partial charge in [0.05, 0.1) is 20.1 Å². The van der Waals surface area contributed by atoms with Crippen molar-refractivity contribution in [2.75, 3.05) is 20.2 Å². The zero-order valence-electron chi connectivity index (χ0n) is 15.3. The number of benzene rings is 1. The average molecular weight is 368 g/mol. The number of ether oxygens (including phenoxy) is 2. The van der Waals surface area contributed by atoms with E-state index in [1.165, 1.54) is 7.11 Å². The molecule has 0 spiro atoms. The number of likely N-dealkylation sites (tertiary alicyclic amines) is 1. The molecule has 0 radical (unpaired) electrons. The summed E-state index contributed by atoms with van der Waals surface area (Å²) in [4.78, 5) is 25.1. The van der Waals surface area contributed by atoms with Crippen LogP contribution in [-0.2, 0) is 19.7 Å². The summed E-state index contributed by atoms with van der Waals surface area (Å²) in [6.45, 7) is 7.52. The predicted molar refractivity (Wildman–Crippen MR) is 97.0 cm³/mol. The lowest BCUT2D eigenvalue weighted by atomic mass is 9.86. The summed E-state index contributed by atoms with van der Waals surface area (Å²) in [6, 6.07) is 5.65. The van der Waals surface area contributed by atoms with Crippen LogP contribution in [0.15, 0.2) is 18.2 Å². The number of rotatable bonds is 5. The van der Waals surface area contributed by atoms with E-state index < -0.39 is 0 Å². The van der Waals surface area contributed by atoms with Gasteiger partial charge in [0, 0.05) is 30.0 Å². The Labute approximate surface area is 154 Å². The molecule has 0 aliphatic carbocycles. The first kappa shape index (κ1) is 19.6. The molecular formula is C19H26ClNO4. The van der Waals surface area contributed by atoms with E-state index in [1.54, 1.807) is 4.90 Å². The number of esters is 1. The van der Waals surface area contributed by atoms with E-state index in [-0.39, 0.29) is 36.2 Å². The second kappa shape index (κ2) is 8.09. The molecule has 1 amide bonds. The van der Waals surface area contributed by atoms with E-state index >= 15 is 0 Å². The minimum absolute atomic E-state index is 0.0383. The molecule has 6 heteroatoms. The van der Waals surface area contributed by atoms with Gasteiger partial charge in [-0.2, -0.15) is 0 Å². The molecule has 0 saturated carbocycles. The summed E-state index contributed by atoms with van der Waals surface area (Å²) in [5, 5.41) is 0.684. The lowest BCUT2D eigenvalue weighted by molar-refractivity contribution is -0.143. The van der Waals surface area contributed by atoms with Crippen molar-refractivity contribution in [1.82, 2.24) is 4.90 Å². The Morgan fingerprint density at radius 1 is 1.28 bits per heavy atom. The fourth-order valence-electron chi connectivity index (χ4n) is 2.89. The van der Waals surface area contributed by atoms with Gasteiger partial charge in [0.25, 0.3) is 0 Å². The Hall–Kier alpha value is -1.75. The fraction of sp³-hybridized carbons (Fsp3) is 0.579. The van der Waals surface area contributed by atoms with Crippen molar-refractivity contribution in [3.05, 3.63) is 28.8 Å². The monoisotopic (exact) mass is 367 g/mol. The largest absolute Gasteiger partial charge is 0.488 e. The highest BCUT2D eigenvalue weighted by Gasteiger charge is 2.29. The number of carbonyl (C=O) groups excluding carboxylic acids is 2. The smallest absolute Gasteiger partial charge is 0.306 e. The van der Waals surface area contributed by atoms with Crippen LogP contribution in [0.5, 0.6) is 5.75 Å². The SMILES string of the molecule is COC(=O)CCC(=O)N1CCC(Oc2ccc(Cl)cc2C(C)(C)C)C1. The second-order valence-corrected chi connectivity index (χ2v) is 7.77. The molecule has 1 aromatic carbocycles. The first-order valence-corrected chi connectivity index (χ1v) is 8.90. The van der Waals surface area contributed by atoms with Crippen LogP contribution in [-0.4, -0.2) is 43.1 Å². The third-order valence-corrected chi connectivity index (χ3v) is 4.55. The highest BCUT2D eigenvalue weighted by Crippen LogP contribution is 2.34. The molecule has 1 unspecified atom stereocenters. The molecule has 5 nitrogen and oxygen atoms in total. The minimum Gasteiger partial charge on any atom is -0.488 e. The predicted octanol–water partition coefficient (Wildman–Crippen LogP) is 3.57. The molecule has 1 fully saturated rings. The molecular weight excluding hydrogens is 342 g/mol. The van der Waals surface area contributed by atoms with Gasteiger partial charge in [-0.05, 0) is 23.6 Å². The van der Waals surface area contributed by atoms with Crippen molar-refractivity contribution in [3.8, 4) is 5.75 Å². The number of carbonyl (C=O) groups is 2. The highest BCUT2D eigenvalue weighted by atomic mass is 35.5. The van der Waals surface area contributed by atoms with Gasteiger partial charge in [0.1, 0.15) is 11.9 Å². The lowest BCUT2D eigenvalue weighted by Gasteiger charge is -2.25. The molecule has 1 aliphatic rings. The van der Waals surface area contributed by atoms with Crippen molar-refractivity contribution in [2.24, 2.45) is 0 Å². The Bertz CT molecular complexity index is 639. The molecule has 0 aromatic heterocycles. The molecule has 138 valence electrons. The van der Waals surface area contributed by atoms with Crippen LogP contribution in [0.1, 0.15) is 45.6 Å². The molecule has 1 saturated heterocycles. The maximum atomic E-state index is 12.2. The summed E-state index contributed by atoms with van der Waals surface area (Å²) in [6.07, 6.45) is 1.01. The number of amides is 1. The van der Waals surface area contributed by atoms with Gasteiger partial charge in [-0.25, -0.2) is 0 Å². The highest BCUT2D eigenvalue weighted by molar-refractivity contribution is 6.30. The van der Waals surface area contributed by atoms with Crippen molar-refractivity contribution in [1.29, 1.82) is 0 Å². The van der Waals surface area contributed by atoms with Gasteiger partial charge in [-0.3, -0.25) is 9.59 Å². The van der Waals surface area contributed by atoms with Gasteiger partial charge in [0.2, 0.25) is 5.91 Å². The molecule has 1 aliphatic heterocycles. The van der Waals surface area contributed by atoms with E-state index in [9.17, 15) is 9.59 Å². The average Bonchev–Trinajstić information content (AvgIpc) is 3.01. The van der Waals surface area contributed by atoms with Crippen molar-refractivity contribution < 1.29 is 19.1 Å². The number of hydrogen-bond donors (Lipinski definition) is 0. The molecule has 1 aromatic rings. The summed E-state index contributed by atoms with van der Waals surface area (Å²) in [7, 11) is 1.32. The third-order valence-electron chi connectivity index (χ3n) is 4.31. The topological polar surface area (TPSA) is 55.8 Å². The third kappa shape index (κ3) is 5.36. The van der Waals surface area contributed by atoms with Gasteiger partial charge in [-0.15, -0.1) is 0 Å². The normalized spacial score (nSPS) is 17.5. The fourth-order valence-corrected chi connectivity index (χ4v) is 3.06. The quantitative estimate of drug-likeness (QED) is 0.746. The zero-order valence-corrected chi connectivity index (χ0v) is 16.1. The zero-order chi connectivity index (χ0) is 18.6. The molecule has 25 heavy (non-hydrogen) atoms. The molecule has 1 heterocycles. The van der Waals surface area contributed by atoms with Crippen molar-refractivity contribution in [2.45, 2.75) is 51.6 Å². The van der Waals surface area contributed by atoms with E-state index in [4.69, 9.17) is 16.3 Å². The van der Waals surface area contributed by atoms with Crippen LogP contribution >= 0.6 is 11.6 Å². The Kier molecular flexibility index (Phi) is 6.33. The van der Waals surface area contributed by atoms with Gasteiger partial charge < -0.3 is 14.4 Å². The van der Waals surface area contributed by atoms with Crippen LogP contribution in [0.2, 0.25) is 5.02 Å². The van der Waals surface area contributed by atoms with Crippen LogP contribution in [0.3, 0.4) is 0 Å². The van der Waals surface area contributed by atoms with Gasteiger partial charge in [-0.1, -0.05) is 32.4 Å². The van der Waals surface area contributed by atoms with E-state index in [2.05, 4.69) is 25.5 Å². The van der Waals surface area contributed by atoms with Crippen molar-refractivity contribution in [3.63, 3.8) is 0 Å². The van der Waals surface area contributed by atoms with E-state index in [0.717, 1.165) is 17.7 Å². The first-order valence-electron chi connectivity index (χ1n) is 8.52. The summed E-state index contributed by atoms with van der Waals surface area (Å²) < 4.78 is 10.7. The summed E-state index contributed by atoms with van der Waals surface area (Å²) >= 11 is 6.13. The molecule has 0 bridgehead atoms. The maximum Gasteiger partial charge on any atom is 0.306 e. The van der Waals surface area contributed by atoms with Crippen molar-refractivity contribution >= 4 is 23.5 Å². The van der Waals surface area contributed by atoms with Crippen LogP contribution in [0.4, 0.5) is 0 Å². The Morgan fingerprint density at radius 2 is 2.00 bits per heavy atom. The number of hydrogen-bond acceptors (Lipinski definition) is 4. The maximum absolute atomic E-state index is 12.2. The molecule has 2 rings (SSSR count). The number of methoxy groups -OCH3 is 1. The second-order valence-electron chi connectivity index (χ2n) is 7.33. The Balaban J connectivity index is 1.97. The van der Waals surface area contributed by atoms with Crippen LogP contribution in [0, 0.1) is 0 Å². The number of halogens is 1. The number of nitrogens with zero attached hydrogens (tertiary/aromatic N) is 1. The summed E-state index contributed by atoms with van der Waals surface area (Å²) in [5.41, 5.74) is 0.963. The van der Waals surface area contributed by atoms with Crippen LogP contribution < -0.4 is 4.74 Å². The lowest BCUT2D eigenvalue weighted by Crippen LogP contribution is -2.31.